The van der Waals surface area contributed by atoms with E-state index in [4.69, 9.17) is 9.47 Å². The van der Waals surface area contributed by atoms with E-state index in [0.717, 1.165) is 11.1 Å². The summed E-state index contributed by atoms with van der Waals surface area (Å²) in [5.41, 5.74) is 1.17. The van der Waals surface area contributed by atoms with E-state index in [9.17, 15) is 9.59 Å². The predicted molar refractivity (Wildman–Crippen MR) is 88.0 cm³/mol. The van der Waals surface area contributed by atoms with E-state index in [1.807, 2.05) is 58.9 Å². The third kappa shape index (κ3) is 8.09. The molecule has 0 spiro atoms. The summed E-state index contributed by atoms with van der Waals surface area (Å²) in [5, 5.41) is 5.36. The highest BCUT2D eigenvalue weighted by molar-refractivity contribution is 5.68. The zero-order valence-corrected chi connectivity index (χ0v) is 14.4. The lowest BCUT2D eigenvalue weighted by Gasteiger charge is -2.20. The van der Waals surface area contributed by atoms with Gasteiger partial charge >= 0.3 is 12.2 Å². The van der Waals surface area contributed by atoms with Crippen LogP contribution in [0, 0.1) is 0 Å². The normalized spacial score (nSPS) is 11.0. The van der Waals surface area contributed by atoms with Gasteiger partial charge in [0.15, 0.2) is 0 Å². The number of rotatable bonds is 5. The topological polar surface area (TPSA) is 76.7 Å². The van der Waals surface area contributed by atoms with Crippen molar-refractivity contribution in [3.63, 3.8) is 0 Å². The largest absolute Gasteiger partial charge is 0.445 e. The standard InChI is InChI=1S/C17H26N2O4/c1-12(2)19-16(21)22-11-14-9-7-6-8-13(14)10-18-15(20)23-17(3,4)5/h6-9,12H,10-11H2,1-5H3,(H,18,20)(H,19,21). The zero-order valence-electron chi connectivity index (χ0n) is 14.4. The molecule has 0 aliphatic carbocycles. The first-order valence-electron chi connectivity index (χ1n) is 7.64. The molecule has 6 nitrogen and oxygen atoms in total. The molecule has 0 fully saturated rings. The quantitative estimate of drug-likeness (QED) is 0.871. The van der Waals surface area contributed by atoms with Gasteiger partial charge in [-0.1, -0.05) is 24.3 Å². The molecule has 128 valence electrons. The minimum Gasteiger partial charge on any atom is -0.445 e. The van der Waals surface area contributed by atoms with Gasteiger partial charge in [0.2, 0.25) is 0 Å². The van der Waals surface area contributed by atoms with Crippen LogP contribution in [-0.2, 0) is 22.6 Å². The molecule has 1 rings (SSSR count). The highest BCUT2D eigenvalue weighted by Crippen LogP contribution is 2.11. The lowest BCUT2D eigenvalue weighted by atomic mass is 10.1. The number of benzene rings is 1. The van der Waals surface area contributed by atoms with Crippen LogP contribution >= 0.6 is 0 Å². The van der Waals surface area contributed by atoms with E-state index in [0.29, 0.717) is 6.54 Å². The second-order valence-electron chi connectivity index (χ2n) is 6.50. The number of carbonyl (C=O) groups is 2. The predicted octanol–water partition coefficient (Wildman–Crippen LogP) is 3.35. The Morgan fingerprint density at radius 3 is 2.26 bits per heavy atom. The van der Waals surface area contributed by atoms with Gasteiger partial charge in [0.25, 0.3) is 0 Å². The Bertz CT molecular complexity index is 536. The Morgan fingerprint density at radius 2 is 1.70 bits per heavy atom. The minimum atomic E-state index is -0.540. The van der Waals surface area contributed by atoms with E-state index in [1.165, 1.54) is 0 Å². The number of hydrogen-bond acceptors (Lipinski definition) is 4. The number of alkyl carbamates (subject to hydrolysis) is 2. The fraction of sp³-hybridized carbons (Fsp3) is 0.529. The second kappa shape index (κ2) is 8.41. The molecule has 1 aromatic rings. The lowest BCUT2D eigenvalue weighted by molar-refractivity contribution is 0.0523. The molecule has 23 heavy (non-hydrogen) atoms. The van der Waals surface area contributed by atoms with Crippen molar-refractivity contribution < 1.29 is 19.1 Å². The highest BCUT2D eigenvalue weighted by atomic mass is 16.6. The number of carbonyl (C=O) groups excluding carboxylic acids is 2. The molecule has 0 aliphatic rings. The summed E-state index contributed by atoms with van der Waals surface area (Å²) in [4.78, 5) is 23.2. The van der Waals surface area contributed by atoms with Gasteiger partial charge in [-0.2, -0.15) is 0 Å². The molecular formula is C17H26N2O4. The highest BCUT2D eigenvalue weighted by Gasteiger charge is 2.16. The first kappa shape index (κ1) is 18.8. The third-order valence-corrected chi connectivity index (χ3v) is 2.71. The molecule has 1 aromatic carbocycles. The Kier molecular flexibility index (Phi) is 6.88. The van der Waals surface area contributed by atoms with Gasteiger partial charge in [-0.25, -0.2) is 9.59 Å². The molecule has 0 heterocycles. The molecule has 0 atom stereocenters. The van der Waals surface area contributed by atoms with Crippen LogP contribution in [0.5, 0.6) is 0 Å². The van der Waals surface area contributed by atoms with E-state index < -0.39 is 17.8 Å². The first-order chi connectivity index (χ1) is 10.7. The molecule has 0 unspecified atom stereocenters. The first-order valence-corrected chi connectivity index (χ1v) is 7.64. The summed E-state index contributed by atoms with van der Waals surface area (Å²) in [6.45, 7) is 9.59. The summed E-state index contributed by atoms with van der Waals surface area (Å²) in [7, 11) is 0. The fourth-order valence-electron chi connectivity index (χ4n) is 1.77. The van der Waals surface area contributed by atoms with Crippen molar-refractivity contribution in [2.24, 2.45) is 0 Å². The Balaban J connectivity index is 2.57. The molecule has 6 heteroatoms. The second-order valence-corrected chi connectivity index (χ2v) is 6.50. The van der Waals surface area contributed by atoms with Crippen molar-refractivity contribution in [3.05, 3.63) is 35.4 Å². The summed E-state index contributed by atoms with van der Waals surface area (Å²) >= 11 is 0. The molecular weight excluding hydrogens is 296 g/mol. The van der Waals surface area contributed by atoms with E-state index in [-0.39, 0.29) is 12.6 Å². The van der Waals surface area contributed by atoms with Crippen LogP contribution in [0.4, 0.5) is 9.59 Å². The molecule has 2 amide bonds. The maximum absolute atomic E-state index is 11.7. The van der Waals surface area contributed by atoms with Crippen molar-refractivity contribution in [1.82, 2.24) is 10.6 Å². The summed E-state index contributed by atoms with van der Waals surface area (Å²) < 4.78 is 10.4. The van der Waals surface area contributed by atoms with Crippen molar-refractivity contribution in [3.8, 4) is 0 Å². The van der Waals surface area contributed by atoms with Crippen molar-refractivity contribution in [2.75, 3.05) is 0 Å². The van der Waals surface area contributed by atoms with E-state index >= 15 is 0 Å². The van der Waals surface area contributed by atoms with Gasteiger partial charge in [0, 0.05) is 12.6 Å². The average molecular weight is 322 g/mol. The van der Waals surface area contributed by atoms with Crippen molar-refractivity contribution in [1.29, 1.82) is 0 Å². The van der Waals surface area contributed by atoms with Crippen LogP contribution < -0.4 is 10.6 Å². The van der Waals surface area contributed by atoms with Crippen LogP contribution in [0.3, 0.4) is 0 Å². The lowest BCUT2D eigenvalue weighted by Crippen LogP contribution is -2.32. The van der Waals surface area contributed by atoms with Crippen molar-refractivity contribution >= 4 is 12.2 Å². The Morgan fingerprint density at radius 1 is 1.09 bits per heavy atom. The number of nitrogens with one attached hydrogen (secondary N) is 2. The summed E-state index contributed by atoms with van der Waals surface area (Å²) in [5.74, 6) is 0. The van der Waals surface area contributed by atoms with Crippen molar-refractivity contribution in [2.45, 2.75) is 59.4 Å². The van der Waals surface area contributed by atoms with Crippen LogP contribution in [0.15, 0.2) is 24.3 Å². The van der Waals surface area contributed by atoms with Gasteiger partial charge in [0.05, 0.1) is 0 Å². The van der Waals surface area contributed by atoms with Crippen LogP contribution in [0.2, 0.25) is 0 Å². The molecule has 0 saturated heterocycles. The average Bonchev–Trinajstić information content (AvgIpc) is 2.41. The third-order valence-electron chi connectivity index (χ3n) is 2.71. The molecule has 0 aromatic heterocycles. The SMILES string of the molecule is CC(C)NC(=O)OCc1ccccc1CNC(=O)OC(C)(C)C. The molecule has 0 radical (unpaired) electrons. The molecule has 0 aliphatic heterocycles. The maximum Gasteiger partial charge on any atom is 0.407 e. The fourth-order valence-corrected chi connectivity index (χ4v) is 1.77. The zero-order chi connectivity index (χ0) is 17.5. The monoisotopic (exact) mass is 322 g/mol. The number of hydrogen-bond donors (Lipinski definition) is 2. The molecule has 2 N–H and O–H groups in total. The maximum atomic E-state index is 11.7. The Labute approximate surface area is 137 Å². The van der Waals surface area contributed by atoms with Gasteiger partial charge in [0.1, 0.15) is 12.2 Å². The summed E-state index contributed by atoms with van der Waals surface area (Å²) in [6.07, 6.45) is -0.944. The van der Waals surface area contributed by atoms with E-state index in [1.54, 1.807) is 0 Å². The molecule has 0 saturated carbocycles. The van der Waals surface area contributed by atoms with Crippen LogP contribution in [0.1, 0.15) is 45.7 Å². The smallest absolute Gasteiger partial charge is 0.407 e. The minimum absolute atomic E-state index is 0.0200. The van der Waals surface area contributed by atoms with Gasteiger partial charge in [-0.3, -0.25) is 0 Å². The molecule has 0 bridgehead atoms. The van der Waals surface area contributed by atoms with Crippen LogP contribution in [-0.4, -0.2) is 23.8 Å². The number of amides is 2. The Hall–Kier alpha value is -2.24. The van der Waals surface area contributed by atoms with Gasteiger partial charge in [-0.15, -0.1) is 0 Å². The number of ether oxygens (including phenoxy) is 2. The van der Waals surface area contributed by atoms with E-state index in [2.05, 4.69) is 10.6 Å². The summed E-state index contributed by atoms with van der Waals surface area (Å²) in [6, 6.07) is 7.47. The van der Waals surface area contributed by atoms with Gasteiger partial charge in [-0.05, 0) is 45.7 Å². The van der Waals surface area contributed by atoms with Gasteiger partial charge < -0.3 is 20.1 Å². The van der Waals surface area contributed by atoms with Crippen LogP contribution in [0.25, 0.3) is 0 Å².